The van der Waals surface area contributed by atoms with Gasteiger partial charge >= 0.3 is 17.9 Å². The summed E-state index contributed by atoms with van der Waals surface area (Å²) in [5.74, 6) is -4.35. The quantitative estimate of drug-likeness (QED) is 0.529. The van der Waals surface area contributed by atoms with E-state index >= 15 is 0 Å². The first-order valence-electron chi connectivity index (χ1n) is 9.93. The molecule has 4 rings (SSSR count). The molecule has 1 spiro atoms. The average Bonchev–Trinajstić information content (AvgIpc) is 3.03. The van der Waals surface area contributed by atoms with Crippen LogP contribution in [0.4, 0.5) is 0 Å². The predicted molar refractivity (Wildman–Crippen MR) is 97.0 cm³/mol. The molecule has 2 heterocycles. The molecular formula is C21H26O8. The summed E-state index contributed by atoms with van der Waals surface area (Å²) >= 11 is 0. The largest absolute Gasteiger partial charge is 0.469 e. The second kappa shape index (κ2) is 6.39. The van der Waals surface area contributed by atoms with Crippen molar-refractivity contribution in [3.63, 3.8) is 0 Å². The van der Waals surface area contributed by atoms with Gasteiger partial charge in [0.05, 0.1) is 24.4 Å². The number of hydrogen-bond acceptors (Lipinski definition) is 8. The second-order valence-electron chi connectivity index (χ2n) is 9.10. The fourth-order valence-corrected chi connectivity index (χ4v) is 6.60. The number of rotatable bonds is 2. The third-order valence-corrected chi connectivity index (χ3v) is 7.97. The number of fused-ring (bicyclic) bond motifs is 2. The van der Waals surface area contributed by atoms with E-state index in [9.17, 15) is 24.3 Å². The first-order valence-corrected chi connectivity index (χ1v) is 9.93. The van der Waals surface area contributed by atoms with E-state index in [4.69, 9.17) is 14.2 Å². The van der Waals surface area contributed by atoms with Crippen LogP contribution in [0.2, 0.25) is 0 Å². The highest BCUT2D eigenvalue weighted by Gasteiger charge is 2.75. The normalized spacial score (nSPS) is 44.5. The van der Waals surface area contributed by atoms with Gasteiger partial charge in [0.15, 0.2) is 5.78 Å². The smallest absolute Gasteiger partial charge is 0.310 e. The molecule has 2 aliphatic carbocycles. The number of carbonyl (C=O) groups excluding carboxylic acids is 4. The van der Waals surface area contributed by atoms with Crippen molar-refractivity contribution < 1.29 is 38.5 Å². The Morgan fingerprint density at radius 2 is 2.03 bits per heavy atom. The molecule has 0 bridgehead atoms. The van der Waals surface area contributed by atoms with Crippen molar-refractivity contribution in [2.75, 3.05) is 13.7 Å². The Labute approximate surface area is 168 Å². The molecule has 0 amide bonds. The molecule has 8 nitrogen and oxygen atoms in total. The van der Waals surface area contributed by atoms with Crippen molar-refractivity contribution in [3.05, 3.63) is 11.6 Å². The highest BCUT2D eigenvalue weighted by atomic mass is 16.6. The number of allylic oxidation sites excluding steroid dienone is 1. The van der Waals surface area contributed by atoms with Crippen molar-refractivity contribution in [2.24, 2.45) is 34.5 Å². The Balaban J connectivity index is 1.91. The molecule has 3 unspecified atom stereocenters. The Kier molecular flexibility index (Phi) is 4.42. The molecule has 1 saturated carbocycles. The van der Waals surface area contributed by atoms with Crippen LogP contribution in [-0.2, 0) is 33.4 Å². The Bertz CT molecular complexity index is 831. The third-order valence-electron chi connectivity index (χ3n) is 7.97. The fourth-order valence-electron chi connectivity index (χ4n) is 6.60. The number of methoxy groups -OCH3 is 1. The van der Waals surface area contributed by atoms with Gasteiger partial charge in [-0.15, -0.1) is 0 Å². The molecule has 0 radical (unpaired) electrons. The van der Waals surface area contributed by atoms with E-state index in [-0.39, 0.29) is 18.9 Å². The summed E-state index contributed by atoms with van der Waals surface area (Å²) in [4.78, 5) is 50.4. The van der Waals surface area contributed by atoms with Crippen LogP contribution in [-0.4, -0.2) is 54.7 Å². The van der Waals surface area contributed by atoms with Crippen LogP contribution in [0.5, 0.6) is 0 Å². The molecule has 0 aromatic heterocycles. The van der Waals surface area contributed by atoms with E-state index < -0.39 is 64.5 Å². The maximum absolute atomic E-state index is 13.0. The topological polar surface area (TPSA) is 116 Å². The molecule has 8 atom stereocenters. The molecule has 8 heteroatoms. The summed E-state index contributed by atoms with van der Waals surface area (Å²) in [6.07, 6.45) is -0.328. The SMILES string of the molecule is COC(=O)C(C)C1CC(=O)O[C@@H]2C[C@H]3C(C)=CC(=O)[C@@H](O)[C@]3(C)C3C(=O)OC[C@]132. The summed E-state index contributed by atoms with van der Waals surface area (Å²) in [6, 6.07) is 0. The minimum absolute atomic E-state index is 0.0214. The van der Waals surface area contributed by atoms with Gasteiger partial charge < -0.3 is 19.3 Å². The molecule has 29 heavy (non-hydrogen) atoms. The van der Waals surface area contributed by atoms with E-state index in [1.165, 1.54) is 13.2 Å². The summed E-state index contributed by atoms with van der Waals surface area (Å²) < 4.78 is 16.1. The van der Waals surface area contributed by atoms with Gasteiger partial charge in [-0.1, -0.05) is 19.4 Å². The number of cyclic esters (lactones) is 1. The van der Waals surface area contributed by atoms with E-state index in [2.05, 4.69) is 0 Å². The highest BCUT2D eigenvalue weighted by molar-refractivity contribution is 5.97. The van der Waals surface area contributed by atoms with Crippen LogP contribution in [0.3, 0.4) is 0 Å². The van der Waals surface area contributed by atoms with Gasteiger partial charge in [-0.2, -0.15) is 0 Å². The Morgan fingerprint density at radius 3 is 2.69 bits per heavy atom. The number of carbonyl (C=O) groups is 4. The summed E-state index contributed by atoms with van der Waals surface area (Å²) in [6.45, 7) is 5.18. The maximum Gasteiger partial charge on any atom is 0.310 e. The summed E-state index contributed by atoms with van der Waals surface area (Å²) in [5, 5.41) is 10.9. The lowest BCUT2D eigenvalue weighted by atomic mass is 9.42. The maximum atomic E-state index is 13.0. The van der Waals surface area contributed by atoms with Crippen LogP contribution in [0.15, 0.2) is 11.6 Å². The van der Waals surface area contributed by atoms with Crippen LogP contribution in [0.1, 0.15) is 33.6 Å². The van der Waals surface area contributed by atoms with E-state index in [1.54, 1.807) is 20.8 Å². The van der Waals surface area contributed by atoms with Crippen molar-refractivity contribution in [1.82, 2.24) is 0 Å². The fraction of sp³-hybridized carbons (Fsp3) is 0.714. The van der Waals surface area contributed by atoms with Gasteiger partial charge in [-0.05, 0) is 31.3 Å². The molecule has 0 aromatic carbocycles. The number of ketones is 1. The number of aliphatic hydroxyl groups excluding tert-OH is 1. The van der Waals surface area contributed by atoms with E-state index in [0.29, 0.717) is 6.42 Å². The van der Waals surface area contributed by atoms with Crippen LogP contribution < -0.4 is 0 Å². The van der Waals surface area contributed by atoms with Crippen molar-refractivity contribution in [1.29, 1.82) is 0 Å². The number of hydrogen-bond donors (Lipinski definition) is 1. The molecular weight excluding hydrogens is 380 g/mol. The lowest BCUT2D eigenvalue weighted by molar-refractivity contribution is -0.225. The first kappa shape index (κ1) is 20.1. The van der Waals surface area contributed by atoms with Gasteiger partial charge in [0.25, 0.3) is 0 Å². The minimum Gasteiger partial charge on any atom is -0.469 e. The van der Waals surface area contributed by atoms with E-state index in [1.807, 2.05) is 0 Å². The number of ether oxygens (including phenoxy) is 3. The molecule has 2 aliphatic heterocycles. The van der Waals surface area contributed by atoms with Gasteiger partial charge in [-0.25, -0.2) is 0 Å². The summed E-state index contributed by atoms with van der Waals surface area (Å²) in [5.41, 5.74) is -1.36. The lowest BCUT2D eigenvalue weighted by Gasteiger charge is -2.61. The average molecular weight is 406 g/mol. The monoisotopic (exact) mass is 406 g/mol. The predicted octanol–water partition coefficient (Wildman–Crippen LogP) is 0.803. The first-order chi connectivity index (χ1) is 13.6. The Morgan fingerprint density at radius 1 is 1.34 bits per heavy atom. The molecule has 4 aliphatic rings. The van der Waals surface area contributed by atoms with Crippen LogP contribution >= 0.6 is 0 Å². The molecule has 2 saturated heterocycles. The Hall–Kier alpha value is -2.22. The van der Waals surface area contributed by atoms with E-state index in [0.717, 1.165) is 5.57 Å². The zero-order chi connectivity index (χ0) is 21.3. The number of aliphatic hydroxyl groups is 1. The molecule has 3 fully saturated rings. The lowest BCUT2D eigenvalue weighted by Crippen LogP contribution is -2.68. The van der Waals surface area contributed by atoms with Crippen molar-refractivity contribution in [3.8, 4) is 0 Å². The molecule has 158 valence electrons. The second-order valence-corrected chi connectivity index (χ2v) is 9.10. The standard InChI is InChI=1S/C21H26O8/c1-9-5-13(22)17(24)20(3)11(9)6-14-21(8-28-19(26)16(20)21)12(7-15(23)29-14)10(2)18(25)27-4/h5,10-12,14,16-17,24H,6-8H2,1-4H3/t10?,11-,12?,14+,16?,17+,20-,21+/m0/s1. The van der Waals surface area contributed by atoms with Crippen molar-refractivity contribution >= 4 is 23.7 Å². The van der Waals surface area contributed by atoms with Crippen molar-refractivity contribution in [2.45, 2.75) is 45.8 Å². The molecule has 0 aromatic rings. The summed E-state index contributed by atoms with van der Waals surface area (Å²) in [7, 11) is 1.28. The molecule has 1 N–H and O–H groups in total. The van der Waals surface area contributed by atoms with Gasteiger partial charge in [-0.3, -0.25) is 19.2 Å². The highest BCUT2D eigenvalue weighted by Crippen LogP contribution is 2.67. The zero-order valence-corrected chi connectivity index (χ0v) is 17.0. The van der Waals surface area contributed by atoms with Crippen LogP contribution in [0, 0.1) is 34.5 Å². The third kappa shape index (κ3) is 2.41. The number of esters is 3. The van der Waals surface area contributed by atoms with Gasteiger partial charge in [0.1, 0.15) is 18.8 Å². The van der Waals surface area contributed by atoms with Gasteiger partial charge in [0.2, 0.25) is 0 Å². The van der Waals surface area contributed by atoms with Gasteiger partial charge in [0, 0.05) is 11.8 Å². The van der Waals surface area contributed by atoms with Crippen LogP contribution in [0.25, 0.3) is 0 Å². The zero-order valence-electron chi connectivity index (χ0n) is 17.0. The minimum atomic E-state index is -1.38.